The molecule has 0 fully saturated rings. The van der Waals surface area contributed by atoms with Crippen LogP contribution in [0.4, 0.5) is 5.95 Å². The number of hydrogen-bond acceptors (Lipinski definition) is 6. The Hall–Kier alpha value is -1.95. The number of methoxy groups -OCH3 is 1. The Kier molecular flexibility index (Phi) is 3.88. The summed E-state index contributed by atoms with van der Waals surface area (Å²) >= 11 is 1.60. The van der Waals surface area contributed by atoms with Crippen LogP contribution in [0.3, 0.4) is 0 Å². The second-order valence-electron chi connectivity index (χ2n) is 3.36. The summed E-state index contributed by atoms with van der Waals surface area (Å²) in [5.74, 6) is 1.58. The summed E-state index contributed by atoms with van der Waals surface area (Å²) in [7, 11) is 1.52. The van der Waals surface area contributed by atoms with Crippen molar-refractivity contribution in [2.24, 2.45) is 0 Å². The summed E-state index contributed by atoms with van der Waals surface area (Å²) in [4.78, 5) is 8.93. The Morgan fingerprint density at radius 2 is 1.89 bits per heavy atom. The highest BCUT2D eigenvalue weighted by Crippen LogP contribution is 2.31. The van der Waals surface area contributed by atoms with Crippen LogP contribution in [0.25, 0.3) is 0 Å². The molecule has 5 nitrogen and oxygen atoms in total. The van der Waals surface area contributed by atoms with Gasteiger partial charge in [-0.15, -0.1) is 11.8 Å². The van der Waals surface area contributed by atoms with Gasteiger partial charge in [-0.3, -0.25) is 0 Å². The predicted molar refractivity (Wildman–Crippen MR) is 71.3 cm³/mol. The summed E-state index contributed by atoms with van der Waals surface area (Å²) in [6.07, 6.45) is 1.98. The van der Waals surface area contributed by atoms with Gasteiger partial charge in [0.05, 0.1) is 13.2 Å². The van der Waals surface area contributed by atoms with Gasteiger partial charge in [-0.2, -0.15) is 9.97 Å². The predicted octanol–water partition coefficient (Wildman–Crippen LogP) is 2.58. The van der Waals surface area contributed by atoms with Gasteiger partial charge >= 0.3 is 0 Å². The van der Waals surface area contributed by atoms with E-state index in [0.29, 0.717) is 11.8 Å². The number of nitrogens with two attached hydrogens (primary N) is 1. The van der Waals surface area contributed by atoms with E-state index in [1.54, 1.807) is 17.8 Å². The Labute approximate surface area is 109 Å². The largest absolute Gasteiger partial charge is 0.481 e. The average molecular weight is 263 g/mol. The molecule has 1 heterocycles. The molecule has 18 heavy (non-hydrogen) atoms. The number of thioether (sulfide) groups is 1. The molecule has 2 aromatic rings. The van der Waals surface area contributed by atoms with E-state index in [1.165, 1.54) is 7.11 Å². The van der Waals surface area contributed by atoms with E-state index < -0.39 is 0 Å². The third-order valence-electron chi connectivity index (χ3n) is 2.19. The molecule has 0 atom stereocenters. The fourth-order valence-corrected chi connectivity index (χ4v) is 1.92. The average Bonchev–Trinajstić information content (AvgIpc) is 2.38. The Morgan fingerprint density at radius 1 is 1.17 bits per heavy atom. The van der Waals surface area contributed by atoms with E-state index in [9.17, 15) is 0 Å². The minimum Gasteiger partial charge on any atom is -0.481 e. The van der Waals surface area contributed by atoms with Gasteiger partial charge in [-0.1, -0.05) is 12.1 Å². The Morgan fingerprint density at radius 3 is 2.61 bits per heavy atom. The number of aromatic nitrogens is 2. The number of nitrogens with zero attached hydrogens (tertiary/aromatic N) is 2. The molecule has 0 bridgehead atoms. The second kappa shape index (κ2) is 5.59. The number of anilines is 1. The molecular formula is C12H13N3O2S. The molecule has 1 aromatic heterocycles. The molecule has 94 valence electrons. The molecule has 0 spiro atoms. The maximum atomic E-state index is 5.69. The molecule has 1 aromatic carbocycles. The number of ether oxygens (including phenoxy) is 2. The Bertz CT molecular complexity index is 549. The van der Waals surface area contributed by atoms with Crippen molar-refractivity contribution in [2.75, 3.05) is 19.1 Å². The van der Waals surface area contributed by atoms with Crippen LogP contribution in [0, 0.1) is 0 Å². The van der Waals surface area contributed by atoms with Crippen LogP contribution >= 0.6 is 11.8 Å². The fraction of sp³-hybridized carbons (Fsp3) is 0.167. The van der Waals surface area contributed by atoms with Gasteiger partial charge in [-0.05, 0) is 18.4 Å². The topological polar surface area (TPSA) is 70.3 Å². The third-order valence-corrected chi connectivity index (χ3v) is 2.97. The summed E-state index contributed by atoms with van der Waals surface area (Å²) in [5.41, 5.74) is 5.57. The summed E-state index contributed by atoms with van der Waals surface area (Å²) in [5, 5.41) is 0. The van der Waals surface area contributed by atoms with Gasteiger partial charge in [0.1, 0.15) is 5.75 Å². The highest BCUT2D eigenvalue weighted by Gasteiger charge is 2.07. The van der Waals surface area contributed by atoms with Crippen LogP contribution < -0.4 is 15.2 Å². The van der Waals surface area contributed by atoms with Crippen molar-refractivity contribution < 1.29 is 9.47 Å². The molecule has 0 radical (unpaired) electrons. The van der Waals surface area contributed by atoms with Gasteiger partial charge < -0.3 is 15.2 Å². The molecule has 0 aliphatic carbocycles. The second-order valence-corrected chi connectivity index (χ2v) is 4.21. The first-order valence-electron chi connectivity index (χ1n) is 5.22. The van der Waals surface area contributed by atoms with Crippen molar-refractivity contribution in [3.05, 3.63) is 30.3 Å². The molecule has 0 unspecified atom stereocenters. The highest BCUT2D eigenvalue weighted by atomic mass is 32.2. The van der Waals surface area contributed by atoms with Crippen LogP contribution in [-0.4, -0.2) is 23.3 Å². The molecule has 0 saturated carbocycles. The zero-order valence-electron chi connectivity index (χ0n) is 10.1. The first-order valence-corrected chi connectivity index (χ1v) is 6.45. The molecule has 0 aliphatic rings. The molecular weight excluding hydrogens is 250 g/mol. The van der Waals surface area contributed by atoms with Gasteiger partial charge in [0, 0.05) is 4.90 Å². The van der Waals surface area contributed by atoms with E-state index in [2.05, 4.69) is 9.97 Å². The Balaban J connectivity index is 2.30. The standard InChI is InChI=1S/C12H13N3O2S/c1-16-10-7-11(15-12(13)14-10)17-8-5-3-4-6-9(8)18-2/h3-7H,1-2H3,(H2,13,14,15). The molecule has 2 rings (SSSR count). The van der Waals surface area contributed by atoms with E-state index in [0.717, 1.165) is 10.6 Å². The summed E-state index contributed by atoms with van der Waals surface area (Å²) in [6.45, 7) is 0. The molecule has 0 amide bonds. The minimum atomic E-state index is 0.117. The van der Waals surface area contributed by atoms with Crippen molar-refractivity contribution in [3.63, 3.8) is 0 Å². The van der Waals surface area contributed by atoms with E-state index in [4.69, 9.17) is 15.2 Å². The molecule has 0 saturated heterocycles. The highest BCUT2D eigenvalue weighted by molar-refractivity contribution is 7.98. The lowest BCUT2D eigenvalue weighted by molar-refractivity contribution is 0.388. The summed E-state index contributed by atoms with van der Waals surface area (Å²) in [6, 6.07) is 9.29. The number of para-hydroxylation sites is 1. The van der Waals surface area contributed by atoms with E-state index >= 15 is 0 Å². The third kappa shape index (κ3) is 2.84. The number of rotatable bonds is 4. The minimum absolute atomic E-state index is 0.117. The zero-order chi connectivity index (χ0) is 13.0. The zero-order valence-corrected chi connectivity index (χ0v) is 10.9. The maximum absolute atomic E-state index is 5.69. The van der Waals surface area contributed by atoms with Gasteiger partial charge in [0.2, 0.25) is 17.7 Å². The SMILES string of the molecule is COc1cc(Oc2ccccc2SC)nc(N)n1. The van der Waals surface area contributed by atoms with Crippen LogP contribution in [0.5, 0.6) is 17.5 Å². The van der Waals surface area contributed by atoms with E-state index in [1.807, 2.05) is 30.5 Å². The van der Waals surface area contributed by atoms with Crippen LogP contribution in [-0.2, 0) is 0 Å². The quantitative estimate of drug-likeness (QED) is 0.855. The van der Waals surface area contributed by atoms with Crippen molar-refractivity contribution in [1.82, 2.24) is 9.97 Å². The van der Waals surface area contributed by atoms with Gasteiger partial charge in [-0.25, -0.2) is 0 Å². The van der Waals surface area contributed by atoms with Gasteiger partial charge in [0.15, 0.2) is 0 Å². The van der Waals surface area contributed by atoms with Crippen molar-refractivity contribution in [3.8, 4) is 17.5 Å². The maximum Gasteiger partial charge on any atom is 0.227 e. The normalized spacial score (nSPS) is 10.1. The lowest BCUT2D eigenvalue weighted by Gasteiger charge is -2.09. The van der Waals surface area contributed by atoms with Crippen molar-refractivity contribution in [2.45, 2.75) is 4.90 Å². The first-order chi connectivity index (χ1) is 8.72. The smallest absolute Gasteiger partial charge is 0.227 e. The monoisotopic (exact) mass is 263 g/mol. The molecule has 2 N–H and O–H groups in total. The van der Waals surface area contributed by atoms with Crippen molar-refractivity contribution in [1.29, 1.82) is 0 Å². The fourth-order valence-electron chi connectivity index (χ4n) is 1.39. The molecule has 6 heteroatoms. The lowest BCUT2D eigenvalue weighted by Crippen LogP contribution is -1.99. The van der Waals surface area contributed by atoms with Crippen molar-refractivity contribution >= 4 is 17.7 Å². The first kappa shape index (κ1) is 12.5. The summed E-state index contributed by atoms with van der Waals surface area (Å²) < 4.78 is 10.7. The van der Waals surface area contributed by atoms with Crippen LogP contribution in [0.2, 0.25) is 0 Å². The molecule has 0 aliphatic heterocycles. The van der Waals surface area contributed by atoms with Crippen LogP contribution in [0.1, 0.15) is 0 Å². The number of nitrogen functional groups attached to an aromatic ring is 1. The van der Waals surface area contributed by atoms with Crippen LogP contribution in [0.15, 0.2) is 35.2 Å². The lowest BCUT2D eigenvalue weighted by atomic mass is 10.3. The van der Waals surface area contributed by atoms with Gasteiger partial charge in [0.25, 0.3) is 0 Å². The number of benzene rings is 1. The van der Waals surface area contributed by atoms with E-state index in [-0.39, 0.29) is 5.95 Å². The number of hydrogen-bond donors (Lipinski definition) is 1.